The molecule has 2 aliphatic carbocycles. The normalized spacial score (nSPS) is 19.0. The van der Waals surface area contributed by atoms with Gasteiger partial charge in [0.25, 0.3) is 5.91 Å². The monoisotopic (exact) mass is 245 g/mol. The molecule has 2 N–H and O–H groups in total. The fourth-order valence-corrected chi connectivity index (χ4v) is 2.56. The first-order valence-corrected chi connectivity index (χ1v) is 6.75. The molecule has 1 aromatic carbocycles. The fraction of sp³-hybridized carbons (Fsp3) is 0.533. The second kappa shape index (κ2) is 4.30. The van der Waals surface area contributed by atoms with Gasteiger partial charge in [-0.15, -0.1) is 0 Å². The van der Waals surface area contributed by atoms with Gasteiger partial charge >= 0.3 is 0 Å². The summed E-state index contributed by atoms with van der Waals surface area (Å²) in [5.74, 6) is 1.66. The Balaban J connectivity index is 1.71. The van der Waals surface area contributed by atoms with Gasteiger partial charge < -0.3 is 10.4 Å². The zero-order valence-electron chi connectivity index (χ0n) is 10.6. The third-order valence-electron chi connectivity index (χ3n) is 4.02. The van der Waals surface area contributed by atoms with Gasteiger partial charge in [0.15, 0.2) is 0 Å². The number of hydrogen-bond donors (Lipinski definition) is 2. The molecule has 18 heavy (non-hydrogen) atoms. The van der Waals surface area contributed by atoms with Gasteiger partial charge in [-0.05, 0) is 68.2 Å². The molecule has 0 spiro atoms. The van der Waals surface area contributed by atoms with Crippen LogP contribution in [0.25, 0.3) is 0 Å². The SMILES string of the molecule is Cc1cc(C(=O)NC(C2CC2)C2CC2)ccc1O. The summed E-state index contributed by atoms with van der Waals surface area (Å²) in [6, 6.07) is 5.41. The molecule has 3 rings (SSSR count). The maximum atomic E-state index is 12.2. The van der Waals surface area contributed by atoms with Crippen molar-refractivity contribution < 1.29 is 9.90 Å². The van der Waals surface area contributed by atoms with Crippen LogP contribution in [0.5, 0.6) is 5.75 Å². The van der Waals surface area contributed by atoms with Crippen molar-refractivity contribution in [3.05, 3.63) is 29.3 Å². The van der Waals surface area contributed by atoms with Gasteiger partial charge in [-0.1, -0.05) is 0 Å². The molecule has 1 aromatic rings. The molecule has 0 saturated heterocycles. The molecule has 0 aliphatic heterocycles. The van der Waals surface area contributed by atoms with Crippen molar-refractivity contribution in [2.45, 2.75) is 38.6 Å². The first-order chi connectivity index (χ1) is 8.65. The van der Waals surface area contributed by atoms with Crippen LogP contribution in [0.15, 0.2) is 18.2 Å². The number of phenolic OH excluding ortho intramolecular Hbond substituents is 1. The van der Waals surface area contributed by atoms with E-state index in [1.165, 1.54) is 25.7 Å². The Kier molecular flexibility index (Phi) is 2.77. The maximum Gasteiger partial charge on any atom is 0.251 e. The Morgan fingerprint density at radius 1 is 1.28 bits per heavy atom. The van der Waals surface area contributed by atoms with E-state index in [0.717, 1.165) is 5.56 Å². The summed E-state index contributed by atoms with van der Waals surface area (Å²) in [5.41, 5.74) is 1.40. The summed E-state index contributed by atoms with van der Waals surface area (Å²) in [5, 5.41) is 12.7. The number of aryl methyl sites for hydroxylation is 1. The number of rotatable bonds is 4. The Hall–Kier alpha value is -1.51. The predicted molar refractivity (Wildman–Crippen MR) is 69.5 cm³/mol. The average molecular weight is 245 g/mol. The lowest BCUT2D eigenvalue weighted by Gasteiger charge is -2.17. The number of benzene rings is 1. The molecule has 0 radical (unpaired) electrons. The molecule has 0 aromatic heterocycles. The highest BCUT2D eigenvalue weighted by Crippen LogP contribution is 2.44. The molecular weight excluding hydrogens is 226 g/mol. The number of amides is 1. The highest BCUT2D eigenvalue weighted by Gasteiger charge is 2.42. The maximum absolute atomic E-state index is 12.2. The number of carbonyl (C=O) groups excluding carboxylic acids is 1. The Bertz CT molecular complexity index is 463. The minimum Gasteiger partial charge on any atom is -0.508 e. The van der Waals surface area contributed by atoms with E-state index in [1.807, 2.05) is 6.92 Å². The van der Waals surface area contributed by atoms with Crippen LogP contribution in [0.1, 0.15) is 41.6 Å². The Labute approximate surface area is 107 Å². The van der Waals surface area contributed by atoms with Crippen molar-refractivity contribution in [2.24, 2.45) is 11.8 Å². The van der Waals surface area contributed by atoms with E-state index < -0.39 is 0 Å². The second-order valence-electron chi connectivity index (χ2n) is 5.68. The molecule has 2 fully saturated rings. The molecule has 2 aliphatic rings. The van der Waals surface area contributed by atoms with Crippen molar-refractivity contribution in [1.82, 2.24) is 5.32 Å². The quantitative estimate of drug-likeness (QED) is 0.856. The average Bonchev–Trinajstić information content (AvgIpc) is 3.22. The van der Waals surface area contributed by atoms with Crippen molar-refractivity contribution in [3.63, 3.8) is 0 Å². The van der Waals surface area contributed by atoms with E-state index in [4.69, 9.17) is 0 Å². The van der Waals surface area contributed by atoms with Gasteiger partial charge in [-0.3, -0.25) is 4.79 Å². The number of nitrogens with one attached hydrogen (secondary N) is 1. The van der Waals surface area contributed by atoms with Crippen LogP contribution in [-0.2, 0) is 0 Å². The van der Waals surface area contributed by atoms with Crippen LogP contribution in [0, 0.1) is 18.8 Å². The largest absolute Gasteiger partial charge is 0.508 e. The van der Waals surface area contributed by atoms with Crippen LogP contribution in [0.3, 0.4) is 0 Å². The van der Waals surface area contributed by atoms with Gasteiger partial charge in [0.2, 0.25) is 0 Å². The Morgan fingerprint density at radius 2 is 1.89 bits per heavy atom. The van der Waals surface area contributed by atoms with Crippen LogP contribution in [-0.4, -0.2) is 17.1 Å². The topological polar surface area (TPSA) is 49.3 Å². The van der Waals surface area contributed by atoms with Gasteiger partial charge in [0.1, 0.15) is 5.75 Å². The summed E-state index contributed by atoms with van der Waals surface area (Å²) >= 11 is 0. The summed E-state index contributed by atoms with van der Waals surface area (Å²) in [6.07, 6.45) is 5.04. The minimum absolute atomic E-state index is 0.00176. The van der Waals surface area contributed by atoms with Crippen molar-refractivity contribution in [2.75, 3.05) is 0 Å². The minimum atomic E-state index is 0.00176. The molecular formula is C15H19NO2. The summed E-state index contributed by atoms with van der Waals surface area (Å²) in [4.78, 5) is 12.2. The summed E-state index contributed by atoms with van der Waals surface area (Å²) in [7, 11) is 0. The van der Waals surface area contributed by atoms with Crippen molar-refractivity contribution in [1.29, 1.82) is 0 Å². The summed E-state index contributed by atoms with van der Waals surface area (Å²) < 4.78 is 0. The van der Waals surface area contributed by atoms with E-state index in [0.29, 0.717) is 23.4 Å². The van der Waals surface area contributed by atoms with Crippen LogP contribution in [0.2, 0.25) is 0 Å². The standard InChI is InChI=1S/C15H19NO2/c1-9-8-12(6-7-13(9)17)15(18)16-14(10-2-3-10)11-4-5-11/h6-8,10-11,14,17H,2-5H2,1H3,(H,16,18). The lowest BCUT2D eigenvalue weighted by atomic mass is 10.1. The zero-order chi connectivity index (χ0) is 12.7. The highest BCUT2D eigenvalue weighted by molar-refractivity contribution is 5.94. The van der Waals surface area contributed by atoms with Crippen molar-refractivity contribution in [3.8, 4) is 5.75 Å². The van der Waals surface area contributed by atoms with E-state index in [1.54, 1.807) is 18.2 Å². The number of hydrogen-bond acceptors (Lipinski definition) is 2. The molecule has 96 valence electrons. The Morgan fingerprint density at radius 3 is 2.39 bits per heavy atom. The molecule has 0 bridgehead atoms. The van der Waals surface area contributed by atoms with Gasteiger partial charge in [-0.25, -0.2) is 0 Å². The molecule has 3 heteroatoms. The van der Waals surface area contributed by atoms with Crippen LogP contribution < -0.4 is 5.32 Å². The molecule has 0 heterocycles. The van der Waals surface area contributed by atoms with E-state index >= 15 is 0 Å². The number of carbonyl (C=O) groups is 1. The lowest BCUT2D eigenvalue weighted by Crippen LogP contribution is -2.38. The third kappa shape index (κ3) is 2.35. The zero-order valence-corrected chi connectivity index (χ0v) is 10.6. The number of aromatic hydroxyl groups is 1. The molecule has 0 unspecified atom stereocenters. The summed E-state index contributed by atoms with van der Waals surface area (Å²) in [6.45, 7) is 1.81. The third-order valence-corrected chi connectivity index (χ3v) is 4.02. The van der Waals surface area contributed by atoms with Gasteiger partial charge in [-0.2, -0.15) is 0 Å². The second-order valence-corrected chi connectivity index (χ2v) is 5.68. The van der Waals surface area contributed by atoms with Crippen molar-refractivity contribution >= 4 is 5.91 Å². The van der Waals surface area contributed by atoms with Gasteiger partial charge in [0.05, 0.1) is 0 Å². The first kappa shape index (κ1) is 11.6. The first-order valence-electron chi connectivity index (χ1n) is 6.75. The molecule has 0 atom stereocenters. The number of phenols is 1. The van der Waals surface area contributed by atoms with Crippen LogP contribution in [0.4, 0.5) is 0 Å². The van der Waals surface area contributed by atoms with E-state index in [-0.39, 0.29) is 11.7 Å². The molecule has 2 saturated carbocycles. The smallest absolute Gasteiger partial charge is 0.251 e. The lowest BCUT2D eigenvalue weighted by molar-refractivity contribution is 0.0926. The van der Waals surface area contributed by atoms with E-state index in [9.17, 15) is 9.90 Å². The van der Waals surface area contributed by atoms with E-state index in [2.05, 4.69) is 5.32 Å². The molecule has 3 nitrogen and oxygen atoms in total. The highest BCUT2D eigenvalue weighted by atomic mass is 16.3. The predicted octanol–water partition coefficient (Wildman–Crippen LogP) is 2.62. The van der Waals surface area contributed by atoms with Crippen LogP contribution >= 0.6 is 0 Å². The van der Waals surface area contributed by atoms with Gasteiger partial charge in [0, 0.05) is 11.6 Å². The fourth-order valence-electron chi connectivity index (χ4n) is 2.56. The molecule has 1 amide bonds.